The maximum Gasteiger partial charge on any atom is 0.185 e. The molecule has 20 heavy (non-hydrogen) atoms. The number of hydrogen-bond donors (Lipinski definition) is 1. The normalized spacial score (nSPS) is 17.9. The largest absolute Gasteiger partial charge is 0.345 e. The Bertz CT molecular complexity index is 608. The van der Waals surface area contributed by atoms with Crippen LogP contribution in [0.1, 0.15) is 40.8 Å². The van der Waals surface area contributed by atoms with Gasteiger partial charge in [0.15, 0.2) is 5.13 Å². The summed E-state index contributed by atoms with van der Waals surface area (Å²) >= 11 is 1.78. The molecule has 0 amide bonds. The van der Waals surface area contributed by atoms with E-state index >= 15 is 0 Å². The van der Waals surface area contributed by atoms with Gasteiger partial charge in [0.1, 0.15) is 0 Å². The molecule has 2 aromatic heterocycles. The number of nitrogens with zero attached hydrogens (tertiary/aromatic N) is 3. The van der Waals surface area contributed by atoms with Gasteiger partial charge in [0.25, 0.3) is 0 Å². The van der Waals surface area contributed by atoms with Crippen LogP contribution >= 0.6 is 11.3 Å². The van der Waals surface area contributed by atoms with Gasteiger partial charge in [0.2, 0.25) is 0 Å². The smallest absolute Gasteiger partial charge is 0.185 e. The fourth-order valence-corrected chi connectivity index (χ4v) is 3.73. The highest BCUT2D eigenvalue weighted by Crippen LogP contribution is 2.35. The van der Waals surface area contributed by atoms with Crippen LogP contribution in [0.2, 0.25) is 0 Å². The summed E-state index contributed by atoms with van der Waals surface area (Å²) in [6, 6.07) is 6.25. The van der Waals surface area contributed by atoms with E-state index in [-0.39, 0.29) is 6.04 Å². The first-order chi connectivity index (χ1) is 9.63. The predicted octanol–water partition coefficient (Wildman–Crippen LogP) is 2.82. The molecule has 0 fully saturated rings. The molecular formula is C15H20N4S. The molecule has 1 atom stereocenters. The van der Waals surface area contributed by atoms with Crippen molar-refractivity contribution in [3.05, 3.63) is 40.2 Å². The first kappa shape index (κ1) is 13.5. The average Bonchev–Trinajstić information content (AvgIpc) is 2.84. The van der Waals surface area contributed by atoms with E-state index in [9.17, 15) is 0 Å². The highest BCUT2D eigenvalue weighted by atomic mass is 32.1. The molecule has 0 spiro atoms. The summed E-state index contributed by atoms with van der Waals surface area (Å²) in [5.41, 5.74) is 9.38. The van der Waals surface area contributed by atoms with Gasteiger partial charge >= 0.3 is 0 Å². The standard InChI is InChI=1S/C15H20N4S/c1-10-5-3-6-11(17-10)9-19(2)15-18-14-12(16)7-4-8-13(14)20-15/h3,5-6,12H,4,7-9,16H2,1-2H3. The highest BCUT2D eigenvalue weighted by Gasteiger charge is 2.23. The summed E-state index contributed by atoms with van der Waals surface area (Å²) in [6.07, 6.45) is 3.36. The van der Waals surface area contributed by atoms with Gasteiger partial charge in [0.05, 0.1) is 17.9 Å². The molecule has 0 bridgehead atoms. The summed E-state index contributed by atoms with van der Waals surface area (Å²) in [5.74, 6) is 0. The number of pyridine rings is 1. The third kappa shape index (κ3) is 2.69. The lowest BCUT2D eigenvalue weighted by Gasteiger charge is -2.16. The number of aryl methyl sites for hydroxylation is 2. The predicted molar refractivity (Wildman–Crippen MR) is 83.1 cm³/mol. The van der Waals surface area contributed by atoms with Crippen molar-refractivity contribution in [2.75, 3.05) is 11.9 Å². The zero-order valence-corrected chi connectivity index (χ0v) is 12.8. The van der Waals surface area contributed by atoms with Crippen LogP contribution in [0.25, 0.3) is 0 Å². The quantitative estimate of drug-likeness (QED) is 0.943. The summed E-state index contributed by atoms with van der Waals surface area (Å²) in [5, 5.41) is 1.05. The third-order valence-electron chi connectivity index (χ3n) is 3.66. The maximum absolute atomic E-state index is 6.15. The molecule has 0 saturated heterocycles. The number of anilines is 1. The summed E-state index contributed by atoms with van der Waals surface area (Å²) < 4.78 is 0. The minimum Gasteiger partial charge on any atom is -0.345 e. The molecule has 0 aromatic carbocycles. The van der Waals surface area contributed by atoms with E-state index in [1.807, 2.05) is 19.1 Å². The molecule has 1 unspecified atom stereocenters. The van der Waals surface area contributed by atoms with Crippen molar-refractivity contribution in [2.45, 2.75) is 38.8 Å². The van der Waals surface area contributed by atoms with Crippen LogP contribution in [0.15, 0.2) is 18.2 Å². The van der Waals surface area contributed by atoms with E-state index in [1.54, 1.807) is 11.3 Å². The number of thiazole rings is 1. The number of aromatic nitrogens is 2. The van der Waals surface area contributed by atoms with E-state index in [1.165, 1.54) is 11.3 Å². The Balaban J connectivity index is 1.79. The number of hydrogen-bond acceptors (Lipinski definition) is 5. The molecule has 0 saturated carbocycles. The second-order valence-corrected chi connectivity index (χ2v) is 6.49. The van der Waals surface area contributed by atoms with E-state index in [0.717, 1.165) is 41.6 Å². The first-order valence-corrected chi connectivity index (χ1v) is 7.84. The average molecular weight is 288 g/mol. The second kappa shape index (κ2) is 5.50. The van der Waals surface area contributed by atoms with Gasteiger partial charge in [-0.3, -0.25) is 4.98 Å². The van der Waals surface area contributed by atoms with Gasteiger partial charge in [-0.1, -0.05) is 6.07 Å². The molecule has 1 aliphatic carbocycles. The van der Waals surface area contributed by atoms with Gasteiger partial charge in [0, 0.05) is 23.7 Å². The van der Waals surface area contributed by atoms with Crippen LogP contribution in [0, 0.1) is 6.92 Å². The molecule has 1 aliphatic rings. The summed E-state index contributed by atoms with van der Waals surface area (Å²) in [7, 11) is 2.07. The second-order valence-electron chi connectivity index (χ2n) is 5.43. The zero-order chi connectivity index (χ0) is 14.1. The summed E-state index contributed by atoms with van der Waals surface area (Å²) in [4.78, 5) is 12.8. The fraction of sp³-hybridized carbons (Fsp3) is 0.467. The van der Waals surface area contributed by atoms with Crippen molar-refractivity contribution < 1.29 is 0 Å². The van der Waals surface area contributed by atoms with Crippen LogP contribution in [-0.2, 0) is 13.0 Å². The Morgan fingerprint density at radius 1 is 1.40 bits per heavy atom. The van der Waals surface area contributed by atoms with Crippen LogP contribution in [0.4, 0.5) is 5.13 Å². The lowest BCUT2D eigenvalue weighted by molar-refractivity contribution is 0.563. The van der Waals surface area contributed by atoms with Crippen LogP contribution in [0.5, 0.6) is 0 Å². The minimum atomic E-state index is 0.120. The fourth-order valence-electron chi connectivity index (χ4n) is 2.60. The SMILES string of the molecule is Cc1cccc(CN(C)c2nc3c(s2)CCCC3N)n1. The highest BCUT2D eigenvalue weighted by molar-refractivity contribution is 7.15. The molecule has 0 aliphatic heterocycles. The maximum atomic E-state index is 6.15. The Kier molecular flexibility index (Phi) is 3.72. The van der Waals surface area contributed by atoms with E-state index < -0.39 is 0 Å². The van der Waals surface area contributed by atoms with Crippen molar-refractivity contribution in [3.63, 3.8) is 0 Å². The van der Waals surface area contributed by atoms with Gasteiger partial charge in [-0.2, -0.15) is 0 Å². The first-order valence-electron chi connectivity index (χ1n) is 7.02. The number of nitrogens with two attached hydrogens (primary N) is 1. The van der Waals surface area contributed by atoms with E-state index in [0.29, 0.717) is 0 Å². The zero-order valence-electron chi connectivity index (χ0n) is 12.0. The molecule has 106 valence electrons. The molecule has 3 rings (SSSR count). The molecule has 2 aromatic rings. The Morgan fingerprint density at radius 3 is 3.00 bits per heavy atom. The Morgan fingerprint density at radius 2 is 2.25 bits per heavy atom. The number of fused-ring (bicyclic) bond motifs is 1. The molecule has 2 heterocycles. The molecule has 2 N–H and O–H groups in total. The minimum absolute atomic E-state index is 0.120. The van der Waals surface area contributed by atoms with Crippen molar-refractivity contribution in [2.24, 2.45) is 5.73 Å². The summed E-state index contributed by atoms with van der Waals surface area (Å²) in [6.45, 7) is 2.80. The number of rotatable bonds is 3. The topological polar surface area (TPSA) is 55.0 Å². The molecular weight excluding hydrogens is 268 g/mol. The van der Waals surface area contributed by atoms with Gasteiger partial charge in [-0.15, -0.1) is 11.3 Å². The van der Waals surface area contributed by atoms with Crippen LogP contribution in [0.3, 0.4) is 0 Å². The van der Waals surface area contributed by atoms with Crippen molar-refractivity contribution in [1.29, 1.82) is 0 Å². The van der Waals surface area contributed by atoms with Gasteiger partial charge < -0.3 is 10.6 Å². The lowest BCUT2D eigenvalue weighted by atomic mass is 9.99. The van der Waals surface area contributed by atoms with Gasteiger partial charge in [-0.25, -0.2) is 4.98 Å². The van der Waals surface area contributed by atoms with Crippen molar-refractivity contribution in [3.8, 4) is 0 Å². The van der Waals surface area contributed by atoms with Crippen LogP contribution < -0.4 is 10.6 Å². The molecule has 0 radical (unpaired) electrons. The van der Waals surface area contributed by atoms with Crippen molar-refractivity contribution >= 4 is 16.5 Å². The molecule has 4 nitrogen and oxygen atoms in total. The lowest BCUT2D eigenvalue weighted by Crippen LogP contribution is -2.19. The third-order valence-corrected chi connectivity index (χ3v) is 4.90. The van der Waals surface area contributed by atoms with E-state index in [2.05, 4.69) is 23.0 Å². The van der Waals surface area contributed by atoms with Crippen molar-refractivity contribution in [1.82, 2.24) is 9.97 Å². The Labute approximate surface area is 123 Å². The van der Waals surface area contributed by atoms with Crippen LogP contribution in [-0.4, -0.2) is 17.0 Å². The van der Waals surface area contributed by atoms with Gasteiger partial charge in [-0.05, 0) is 38.3 Å². The van der Waals surface area contributed by atoms with E-state index in [4.69, 9.17) is 10.7 Å². The Hall–Kier alpha value is -1.46. The molecule has 5 heteroatoms. The monoisotopic (exact) mass is 288 g/mol.